The summed E-state index contributed by atoms with van der Waals surface area (Å²) in [6, 6.07) is 14.1. The lowest BCUT2D eigenvalue weighted by atomic mass is 10.0. The average Bonchev–Trinajstić information content (AvgIpc) is 2.64. The Kier molecular flexibility index (Phi) is 6.46. The smallest absolute Gasteiger partial charge is 0.407 e. The molecule has 0 saturated heterocycles. The summed E-state index contributed by atoms with van der Waals surface area (Å²) in [5.41, 5.74) is 0.877. The molecule has 1 amide bonds. The Balaban J connectivity index is 1.85. The van der Waals surface area contributed by atoms with E-state index in [-0.39, 0.29) is 24.3 Å². The molecule has 2 aromatic rings. The van der Waals surface area contributed by atoms with Crippen LogP contribution < -0.4 is 5.32 Å². The predicted molar refractivity (Wildman–Crippen MR) is 86.7 cm³/mol. The van der Waals surface area contributed by atoms with Gasteiger partial charge >= 0.3 is 6.09 Å². The molecule has 130 valence electrons. The van der Waals surface area contributed by atoms with Gasteiger partial charge in [-0.2, -0.15) is 5.26 Å². The molecule has 0 aromatic heterocycles. The summed E-state index contributed by atoms with van der Waals surface area (Å²) in [6.07, 6.45) is -3.61. The number of carbonyl (C=O) groups excluding carboxylic acids is 1. The number of alkyl carbamates (subject to hydrolysis) is 1. The van der Waals surface area contributed by atoms with Gasteiger partial charge in [-0.05, 0) is 29.3 Å². The molecule has 3 N–H and O–H groups in total. The lowest BCUT2D eigenvalue weighted by Crippen LogP contribution is -2.35. The Morgan fingerprint density at radius 2 is 1.96 bits per heavy atom. The zero-order valence-electron chi connectivity index (χ0n) is 13.2. The molecule has 0 aliphatic carbocycles. The molecule has 7 heteroatoms. The summed E-state index contributed by atoms with van der Waals surface area (Å²) >= 11 is 0. The highest BCUT2D eigenvalue weighted by Gasteiger charge is 2.20. The number of amides is 1. The number of nitrogens with zero attached hydrogens (tertiary/aromatic N) is 1. The molecule has 0 radical (unpaired) electrons. The van der Waals surface area contributed by atoms with Crippen LogP contribution in [0.3, 0.4) is 0 Å². The third-order valence-electron chi connectivity index (χ3n) is 3.42. The number of rotatable bonds is 6. The van der Waals surface area contributed by atoms with E-state index in [0.29, 0.717) is 0 Å². The standard InChI is InChI=1S/C18H17FN2O4/c19-15-7-13(9-20)6-14(8-15)17(23)16(22)10-21-18(24)25-11-12-4-2-1-3-5-12/h1-8,16-17,22-23H,10-11H2,(H,21,24). The number of halogens is 1. The van der Waals surface area contributed by atoms with Crippen molar-refractivity contribution in [1.82, 2.24) is 5.32 Å². The van der Waals surface area contributed by atoms with Crippen molar-refractivity contribution in [3.8, 4) is 6.07 Å². The molecule has 25 heavy (non-hydrogen) atoms. The van der Waals surface area contributed by atoms with Gasteiger partial charge in [-0.1, -0.05) is 30.3 Å². The van der Waals surface area contributed by atoms with Gasteiger partial charge in [-0.3, -0.25) is 0 Å². The highest BCUT2D eigenvalue weighted by atomic mass is 19.1. The van der Waals surface area contributed by atoms with Crippen LogP contribution in [0.2, 0.25) is 0 Å². The number of hydrogen-bond acceptors (Lipinski definition) is 5. The van der Waals surface area contributed by atoms with Crippen molar-refractivity contribution in [1.29, 1.82) is 5.26 Å². The van der Waals surface area contributed by atoms with Crippen molar-refractivity contribution in [2.24, 2.45) is 0 Å². The van der Waals surface area contributed by atoms with Gasteiger partial charge in [0, 0.05) is 6.54 Å². The number of hydrogen-bond donors (Lipinski definition) is 3. The Morgan fingerprint density at radius 1 is 1.24 bits per heavy atom. The first-order chi connectivity index (χ1) is 12.0. The second-order valence-electron chi connectivity index (χ2n) is 5.34. The summed E-state index contributed by atoms with van der Waals surface area (Å²) in [5.74, 6) is -0.699. The van der Waals surface area contributed by atoms with Crippen molar-refractivity contribution in [2.75, 3.05) is 6.54 Å². The quantitative estimate of drug-likeness (QED) is 0.744. The topological polar surface area (TPSA) is 103 Å². The van der Waals surface area contributed by atoms with Crippen LogP contribution in [0.5, 0.6) is 0 Å². The Bertz CT molecular complexity index is 761. The maximum absolute atomic E-state index is 13.4. The van der Waals surface area contributed by atoms with E-state index in [4.69, 9.17) is 10.00 Å². The summed E-state index contributed by atoms with van der Waals surface area (Å²) in [6.45, 7) is -0.228. The lowest BCUT2D eigenvalue weighted by molar-refractivity contribution is 0.0182. The summed E-state index contributed by atoms with van der Waals surface area (Å²) in [4.78, 5) is 11.6. The maximum atomic E-state index is 13.4. The first-order valence-corrected chi connectivity index (χ1v) is 7.51. The highest BCUT2D eigenvalue weighted by Crippen LogP contribution is 2.19. The van der Waals surface area contributed by atoms with Crippen LogP contribution in [0.4, 0.5) is 9.18 Å². The van der Waals surface area contributed by atoms with Crippen molar-refractivity contribution in [3.05, 3.63) is 71.0 Å². The van der Waals surface area contributed by atoms with Gasteiger partial charge in [0.05, 0.1) is 11.6 Å². The Hall–Kier alpha value is -2.95. The van der Waals surface area contributed by atoms with Crippen molar-refractivity contribution in [2.45, 2.75) is 18.8 Å². The second-order valence-corrected chi connectivity index (χ2v) is 5.34. The van der Waals surface area contributed by atoms with Gasteiger partial charge in [0.25, 0.3) is 0 Å². The third-order valence-corrected chi connectivity index (χ3v) is 3.42. The van der Waals surface area contributed by atoms with Crippen LogP contribution in [0.25, 0.3) is 0 Å². The van der Waals surface area contributed by atoms with E-state index in [1.54, 1.807) is 18.2 Å². The third kappa shape index (κ3) is 5.57. The number of benzene rings is 2. The van der Waals surface area contributed by atoms with Crippen LogP contribution in [0.1, 0.15) is 22.8 Å². The number of ether oxygens (including phenoxy) is 1. The van der Waals surface area contributed by atoms with Crippen molar-refractivity contribution >= 4 is 6.09 Å². The van der Waals surface area contributed by atoms with Gasteiger partial charge in [0.1, 0.15) is 24.6 Å². The van der Waals surface area contributed by atoms with Crippen LogP contribution in [0.15, 0.2) is 48.5 Å². The summed E-state index contributed by atoms with van der Waals surface area (Å²) in [7, 11) is 0. The molecule has 0 heterocycles. The van der Waals surface area contributed by atoms with E-state index in [1.165, 1.54) is 6.07 Å². The maximum Gasteiger partial charge on any atom is 0.407 e. The van der Waals surface area contributed by atoms with Crippen molar-refractivity contribution in [3.63, 3.8) is 0 Å². The fourth-order valence-corrected chi connectivity index (χ4v) is 2.14. The SMILES string of the molecule is N#Cc1cc(F)cc(C(O)C(O)CNC(=O)OCc2ccccc2)c1. The second kappa shape index (κ2) is 8.78. The van der Waals surface area contributed by atoms with Crippen LogP contribution in [0, 0.1) is 17.1 Å². The minimum absolute atomic E-state index is 0.0245. The first kappa shape index (κ1) is 18.4. The van der Waals surface area contributed by atoms with Gasteiger partial charge in [-0.15, -0.1) is 0 Å². The zero-order valence-corrected chi connectivity index (χ0v) is 13.2. The molecule has 2 unspecified atom stereocenters. The van der Waals surface area contributed by atoms with E-state index >= 15 is 0 Å². The van der Waals surface area contributed by atoms with E-state index in [2.05, 4.69) is 5.32 Å². The highest BCUT2D eigenvalue weighted by molar-refractivity contribution is 5.67. The molecule has 0 aliphatic heterocycles. The van der Waals surface area contributed by atoms with Gasteiger partial charge in [-0.25, -0.2) is 9.18 Å². The molecule has 6 nitrogen and oxygen atoms in total. The molecule has 0 spiro atoms. The average molecular weight is 344 g/mol. The van der Waals surface area contributed by atoms with Gasteiger partial charge in [0.2, 0.25) is 0 Å². The number of aliphatic hydroxyl groups is 2. The summed E-state index contributed by atoms with van der Waals surface area (Å²) < 4.78 is 18.4. The molecule has 0 bridgehead atoms. The number of nitrogens with one attached hydrogen (secondary N) is 1. The van der Waals surface area contributed by atoms with Crippen molar-refractivity contribution < 1.29 is 24.1 Å². The van der Waals surface area contributed by atoms with Gasteiger partial charge in [0.15, 0.2) is 0 Å². The fourth-order valence-electron chi connectivity index (χ4n) is 2.14. The fraction of sp³-hybridized carbons (Fsp3) is 0.222. The monoisotopic (exact) mass is 344 g/mol. The predicted octanol–water partition coefficient (Wildman–Crippen LogP) is 2.02. The van der Waals surface area contributed by atoms with Crippen LogP contribution >= 0.6 is 0 Å². The zero-order chi connectivity index (χ0) is 18.2. The molecule has 2 rings (SSSR count). The van der Waals surface area contributed by atoms with E-state index in [9.17, 15) is 19.4 Å². The number of carbonyl (C=O) groups is 1. The van der Waals surface area contributed by atoms with E-state index < -0.39 is 24.1 Å². The number of aliphatic hydroxyl groups excluding tert-OH is 2. The molecular formula is C18H17FN2O4. The Labute approximate surface area is 144 Å². The summed E-state index contributed by atoms with van der Waals surface area (Å²) in [5, 5.41) is 31.1. The Morgan fingerprint density at radius 3 is 2.64 bits per heavy atom. The molecular weight excluding hydrogens is 327 g/mol. The van der Waals surface area contributed by atoms with E-state index in [1.807, 2.05) is 18.2 Å². The lowest BCUT2D eigenvalue weighted by Gasteiger charge is -2.19. The van der Waals surface area contributed by atoms with Gasteiger partial charge < -0.3 is 20.3 Å². The van der Waals surface area contributed by atoms with Crippen LogP contribution in [-0.4, -0.2) is 29.0 Å². The first-order valence-electron chi connectivity index (χ1n) is 7.51. The molecule has 0 fully saturated rings. The molecule has 2 aromatic carbocycles. The minimum Gasteiger partial charge on any atom is -0.445 e. The molecule has 2 atom stereocenters. The van der Waals surface area contributed by atoms with Crippen LogP contribution in [-0.2, 0) is 11.3 Å². The molecule has 0 aliphatic rings. The minimum atomic E-state index is -1.46. The largest absolute Gasteiger partial charge is 0.445 e. The normalized spacial score (nSPS) is 12.7. The molecule has 0 saturated carbocycles. The number of nitriles is 1. The van der Waals surface area contributed by atoms with E-state index in [0.717, 1.165) is 17.7 Å².